The molecule has 0 radical (unpaired) electrons. The number of hydrogen-bond donors (Lipinski definition) is 1. The molecule has 0 bridgehead atoms. The molecule has 120 valence electrons. The van der Waals surface area contributed by atoms with Crippen LogP contribution in [0, 0.1) is 6.92 Å². The van der Waals surface area contributed by atoms with Crippen molar-refractivity contribution in [2.24, 2.45) is 0 Å². The Balaban J connectivity index is 1.86. The van der Waals surface area contributed by atoms with Crippen molar-refractivity contribution in [3.05, 3.63) is 41.5 Å². The van der Waals surface area contributed by atoms with Crippen LogP contribution < -0.4 is 4.72 Å². The lowest BCUT2D eigenvalue weighted by atomic mass is 10.1. The number of nitrogens with one attached hydrogen (secondary N) is 1. The molecule has 2 rings (SSSR count). The second-order valence-electron chi connectivity index (χ2n) is 5.73. The number of carbonyl (C=O) groups is 1. The Labute approximate surface area is 132 Å². The van der Waals surface area contributed by atoms with Crippen molar-refractivity contribution < 1.29 is 13.2 Å². The number of amides is 1. The molecule has 1 heterocycles. The molecule has 1 aromatic carbocycles. The van der Waals surface area contributed by atoms with Crippen molar-refractivity contribution in [2.45, 2.75) is 25.8 Å². The van der Waals surface area contributed by atoms with E-state index in [0.717, 1.165) is 11.8 Å². The van der Waals surface area contributed by atoms with E-state index in [9.17, 15) is 13.2 Å². The molecular weight excluding hydrogens is 300 g/mol. The van der Waals surface area contributed by atoms with Crippen LogP contribution in [0.5, 0.6) is 0 Å². The van der Waals surface area contributed by atoms with Gasteiger partial charge in [0.25, 0.3) is 0 Å². The number of nitrogens with zero attached hydrogens (tertiary/aromatic N) is 1. The molecule has 5 nitrogen and oxygen atoms in total. The Hall–Kier alpha value is -1.66. The zero-order valence-electron chi connectivity index (χ0n) is 13.0. The Morgan fingerprint density at radius 3 is 2.36 bits per heavy atom. The molecule has 1 aliphatic heterocycles. The van der Waals surface area contributed by atoms with Gasteiger partial charge in [0.15, 0.2) is 0 Å². The molecule has 1 aromatic rings. The first kappa shape index (κ1) is 16.7. The number of likely N-dealkylation sites (tertiary alicyclic amines) is 1. The fourth-order valence-electron chi connectivity index (χ4n) is 2.47. The van der Waals surface area contributed by atoms with Gasteiger partial charge < -0.3 is 4.90 Å². The van der Waals surface area contributed by atoms with Crippen molar-refractivity contribution in [1.29, 1.82) is 0 Å². The standard InChI is InChI=1S/C16H22N2O3S/c1-13-3-5-14(6-4-13)7-8-16(19)18-11-9-15(10-12-18)17-22(2,20)21/h3-8,15,17H,9-12H2,1-2H3. The van der Waals surface area contributed by atoms with Crippen LogP contribution in [0.1, 0.15) is 24.0 Å². The minimum absolute atomic E-state index is 0.0293. The maximum atomic E-state index is 12.1. The number of rotatable bonds is 4. The normalized spacial score (nSPS) is 17.1. The smallest absolute Gasteiger partial charge is 0.246 e. The van der Waals surface area contributed by atoms with Crippen molar-refractivity contribution in [2.75, 3.05) is 19.3 Å². The number of aryl methyl sites for hydroxylation is 1. The summed E-state index contributed by atoms with van der Waals surface area (Å²) in [7, 11) is -3.18. The summed E-state index contributed by atoms with van der Waals surface area (Å²) in [6.45, 7) is 3.17. The van der Waals surface area contributed by atoms with Gasteiger partial charge in [-0.05, 0) is 31.4 Å². The highest BCUT2D eigenvalue weighted by Crippen LogP contribution is 2.12. The van der Waals surface area contributed by atoms with E-state index in [0.29, 0.717) is 25.9 Å². The fraction of sp³-hybridized carbons (Fsp3) is 0.438. The molecule has 1 saturated heterocycles. The van der Waals surface area contributed by atoms with E-state index in [-0.39, 0.29) is 11.9 Å². The second-order valence-corrected chi connectivity index (χ2v) is 7.51. The molecular formula is C16H22N2O3S. The topological polar surface area (TPSA) is 66.5 Å². The first-order valence-electron chi connectivity index (χ1n) is 7.34. The number of hydrogen-bond acceptors (Lipinski definition) is 3. The van der Waals surface area contributed by atoms with Crippen LogP contribution in [0.2, 0.25) is 0 Å². The maximum absolute atomic E-state index is 12.1. The van der Waals surface area contributed by atoms with Crippen molar-refractivity contribution in [1.82, 2.24) is 9.62 Å². The predicted octanol–water partition coefficient (Wildman–Crippen LogP) is 1.55. The summed E-state index contributed by atoms with van der Waals surface area (Å²) in [5.74, 6) is -0.0293. The van der Waals surface area contributed by atoms with E-state index < -0.39 is 10.0 Å². The minimum atomic E-state index is -3.18. The summed E-state index contributed by atoms with van der Waals surface area (Å²) in [4.78, 5) is 13.9. The molecule has 0 unspecified atom stereocenters. The first-order chi connectivity index (χ1) is 10.3. The molecule has 1 amide bonds. The molecule has 0 saturated carbocycles. The van der Waals surface area contributed by atoms with Crippen LogP contribution in [0.3, 0.4) is 0 Å². The zero-order chi connectivity index (χ0) is 16.2. The van der Waals surface area contributed by atoms with Gasteiger partial charge in [-0.2, -0.15) is 0 Å². The summed E-state index contributed by atoms with van der Waals surface area (Å²) in [6.07, 6.45) is 5.85. The number of benzene rings is 1. The molecule has 1 fully saturated rings. The third-order valence-electron chi connectivity index (χ3n) is 3.68. The summed E-state index contributed by atoms with van der Waals surface area (Å²) in [6, 6.07) is 7.89. The van der Waals surface area contributed by atoms with Gasteiger partial charge in [0.2, 0.25) is 15.9 Å². The average molecular weight is 322 g/mol. The van der Waals surface area contributed by atoms with Crippen LogP contribution in [0.25, 0.3) is 6.08 Å². The van der Waals surface area contributed by atoms with Crippen molar-refractivity contribution in [3.8, 4) is 0 Å². The van der Waals surface area contributed by atoms with Gasteiger partial charge in [-0.3, -0.25) is 4.79 Å². The SMILES string of the molecule is Cc1ccc(C=CC(=O)N2CCC(NS(C)(=O)=O)CC2)cc1. The van der Waals surface area contributed by atoms with E-state index in [2.05, 4.69) is 4.72 Å². The molecule has 1 aliphatic rings. The van der Waals surface area contributed by atoms with Gasteiger partial charge in [0.1, 0.15) is 0 Å². The number of sulfonamides is 1. The van der Waals surface area contributed by atoms with Gasteiger partial charge in [0, 0.05) is 25.2 Å². The molecule has 0 aliphatic carbocycles. The quantitative estimate of drug-likeness (QED) is 0.855. The van der Waals surface area contributed by atoms with Crippen LogP contribution in [-0.4, -0.2) is 44.6 Å². The summed E-state index contributed by atoms with van der Waals surface area (Å²) < 4.78 is 25.0. The predicted molar refractivity (Wildman–Crippen MR) is 87.8 cm³/mol. The lowest BCUT2D eigenvalue weighted by molar-refractivity contribution is -0.126. The molecule has 6 heteroatoms. The Kier molecular flexibility index (Phi) is 5.37. The van der Waals surface area contributed by atoms with E-state index >= 15 is 0 Å². The fourth-order valence-corrected chi connectivity index (χ4v) is 3.31. The number of carbonyl (C=O) groups excluding carboxylic acids is 1. The van der Waals surface area contributed by atoms with Crippen molar-refractivity contribution >= 4 is 22.0 Å². The minimum Gasteiger partial charge on any atom is -0.339 e. The lowest BCUT2D eigenvalue weighted by Gasteiger charge is -2.31. The maximum Gasteiger partial charge on any atom is 0.246 e. The molecule has 0 atom stereocenters. The Morgan fingerprint density at radius 1 is 1.23 bits per heavy atom. The van der Waals surface area contributed by atoms with Crippen molar-refractivity contribution in [3.63, 3.8) is 0 Å². The van der Waals surface area contributed by atoms with Crippen LogP contribution in [-0.2, 0) is 14.8 Å². The molecule has 1 N–H and O–H groups in total. The third kappa shape index (κ3) is 5.27. The monoisotopic (exact) mass is 322 g/mol. The molecule has 0 aromatic heterocycles. The zero-order valence-corrected chi connectivity index (χ0v) is 13.8. The van der Waals surface area contributed by atoms with Crippen LogP contribution in [0.15, 0.2) is 30.3 Å². The van der Waals surface area contributed by atoms with E-state index in [1.165, 1.54) is 5.56 Å². The third-order valence-corrected chi connectivity index (χ3v) is 4.44. The number of piperidine rings is 1. The molecule has 22 heavy (non-hydrogen) atoms. The highest BCUT2D eigenvalue weighted by molar-refractivity contribution is 7.88. The van der Waals surface area contributed by atoms with E-state index in [1.807, 2.05) is 37.3 Å². The van der Waals surface area contributed by atoms with Gasteiger partial charge in [-0.15, -0.1) is 0 Å². The van der Waals surface area contributed by atoms with E-state index in [4.69, 9.17) is 0 Å². The highest BCUT2D eigenvalue weighted by atomic mass is 32.2. The van der Waals surface area contributed by atoms with Gasteiger partial charge in [-0.25, -0.2) is 13.1 Å². The van der Waals surface area contributed by atoms with E-state index in [1.54, 1.807) is 11.0 Å². The first-order valence-corrected chi connectivity index (χ1v) is 9.23. The van der Waals surface area contributed by atoms with Crippen LogP contribution >= 0.6 is 0 Å². The average Bonchev–Trinajstić information content (AvgIpc) is 2.45. The summed E-state index contributed by atoms with van der Waals surface area (Å²) in [5, 5.41) is 0. The second kappa shape index (κ2) is 7.07. The summed E-state index contributed by atoms with van der Waals surface area (Å²) in [5.41, 5.74) is 2.18. The van der Waals surface area contributed by atoms with Gasteiger partial charge in [-0.1, -0.05) is 29.8 Å². The molecule has 0 spiro atoms. The largest absolute Gasteiger partial charge is 0.339 e. The van der Waals surface area contributed by atoms with Gasteiger partial charge >= 0.3 is 0 Å². The van der Waals surface area contributed by atoms with Crippen LogP contribution in [0.4, 0.5) is 0 Å². The summed E-state index contributed by atoms with van der Waals surface area (Å²) >= 11 is 0. The Bertz CT molecular complexity index is 642. The highest BCUT2D eigenvalue weighted by Gasteiger charge is 2.23. The Morgan fingerprint density at radius 2 is 1.82 bits per heavy atom. The van der Waals surface area contributed by atoms with Gasteiger partial charge in [0.05, 0.1) is 6.26 Å². The lowest BCUT2D eigenvalue weighted by Crippen LogP contribution is -2.45.